The fourth-order valence-electron chi connectivity index (χ4n) is 2.61. The first-order valence-corrected chi connectivity index (χ1v) is 7.90. The molecule has 1 unspecified atom stereocenters. The van der Waals surface area contributed by atoms with Gasteiger partial charge in [0.1, 0.15) is 12.1 Å². The molecule has 0 saturated carbocycles. The van der Waals surface area contributed by atoms with Crippen LogP contribution in [-0.4, -0.2) is 37.2 Å². The lowest BCUT2D eigenvalue weighted by Gasteiger charge is -2.39. The third-order valence-electron chi connectivity index (χ3n) is 3.93. The first-order chi connectivity index (χ1) is 11.6. The molecule has 1 atom stereocenters. The number of unbranched alkanes of at least 4 members (excludes halogenated alkanes) is 1. The number of rotatable bonds is 8. The molecule has 2 N–H and O–H groups in total. The number of alkyl carbamates (subject to hydrolysis) is 1. The van der Waals surface area contributed by atoms with Gasteiger partial charge in [0.15, 0.2) is 0 Å². The van der Waals surface area contributed by atoms with E-state index in [1.165, 1.54) is 7.11 Å². The van der Waals surface area contributed by atoms with E-state index in [4.69, 9.17) is 9.47 Å². The number of β-lactam (4-membered cyclic amide) rings is 1. The van der Waals surface area contributed by atoms with E-state index in [1.807, 2.05) is 30.3 Å². The number of nitrogens with one attached hydrogen (secondary N) is 2. The topological polar surface area (TPSA) is 93.7 Å². The molecule has 24 heavy (non-hydrogen) atoms. The van der Waals surface area contributed by atoms with Gasteiger partial charge in [0.25, 0.3) is 0 Å². The summed E-state index contributed by atoms with van der Waals surface area (Å²) in [5.41, 5.74) is 0.0352. The van der Waals surface area contributed by atoms with Crippen LogP contribution in [0.3, 0.4) is 0 Å². The summed E-state index contributed by atoms with van der Waals surface area (Å²) in [5.74, 6) is -0.569. The monoisotopic (exact) mass is 334 g/mol. The Kier molecular flexibility index (Phi) is 6.17. The van der Waals surface area contributed by atoms with E-state index in [0.29, 0.717) is 25.8 Å². The number of amides is 2. The quantitative estimate of drug-likeness (QED) is 0.427. The summed E-state index contributed by atoms with van der Waals surface area (Å²) >= 11 is 0. The van der Waals surface area contributed by atoms with Gasteiger partial charge in [-0.05, 0) is 24.8 Å². The maximum atomic E-state index is 11.7. The summed E-state index contributed by atoms with van der Waals surface area (Å²) in [6, 6.07) is 9.42. The molecule has 7 nitrogen and oxygen atoms in total. The average Bonchev–Trinajstić information content (AvgIpc) is 2.57. The van der Waals surface area contributed by atoms with Crippen molar-refractivity contribution in [2.75, 3.05) is 13.7 Å². The van der Waals surface area contributed by atoms with Gasteiger partial charge in [0.2, 0.25) is 5.91 Å². The Morgan fingerprint density at radius 1 is 1.25 bits per heavy atom. The Morgan fingerprint density at radius 3 is 2.58 bits per heavy atom. The highest BCUT2D eigenvalue weighted by Gasteiger charge is 2.49. The highest BCUT2D eigenvalue weighted by molar-refractivity contribution is 5.98. The molecule has 0 radical (unpaired) electrons. The Balaban J connectivity index is 1.60. The van der Waals surface area contributed by atoms with E-state index >= 15 is 0 Å². The Bertz CT molecular complexity index is 580. The lowest BCUT2D eigenvalue weighted by molar-refractivity contribution is -0.159. The molecule has 0 aliphatic carbocycles. The molecule has 1 saturated heterocycles. The van der Waals surface area contributed by atoms with Crippen LogP contribution in [0.15, 0.2) is 30.3 Å². The number of hydrogen-bond donors (Lipinski definition) is 2. The van der Waals surface area contributed by atoms with Gasteiger partial charge in [-0.25, -0.2) is 9.59 Å². The van der Waals surface area contributed by atoms with Crippen LogP contribution >= 0.6 is 0 Å². The molecule has 1 aromatic rings. The second-order valence-corrected chi connectivity index (χ2v) is 5.74. The van der Waals surface area contributed by atoms with Gasteiger partial charge in [0.05, 0.1) is 13.5 Å². The summed E-state index contributed by atoms with van der Waals surface area (Å²) in [5, 5.41) is 5.28. The van der Waals surface area contributed by atoms with E-state index in [0.717, 1.165) is 5.56 Å². The zero-order valence-electron chi connectivity index (χ0n) is 13.7. The summed E-state index contributed by atoms with van der Waals surface area (Å²) in [6.07, 6.45) is 1.53. The number of ether oxygens (including phenoxy) is 2. The van der Waals surface area contributed by atoms with Gasteiger partial charge < -0.3 is 20.1 Å². The van der Waals surface area contributed by atoms with Crippen molar-refractivity contribution in [1.29, 1.82) is 0 Å². The summed E-state index contributed by atoms with van der Waals surface area (Å²) in [7, 11) is 1.30. The van der Waals surface area contributed by atoms with Gasteiger partial charge in [-0.15, -0.1) is 0 Å². The Hall–Kier alpha value is -2.57. The van der Waals surface area contributed by atoms with E-state index in [2.05, 4.69) is 10.6 Å². The Morgan fingerprint density at radius 2 is 1.96 bits per heavy atom. The van der Waals surface area contributed by atoms with E-state index in [9.17, 15) is 14.4 Å². The maximum absolute atomic E-state index is 11.7. The van der Waals surface area contributed by atoms with Gasteiger partial charge in [-0.3, -0.25) is 4.79 Å². The van der Waals surface area contributed by atoms with Crippen LogP contribution < -0.4 is 10.6 Å². The Labute approximate surface area is 140 Å². The molecule has 1 heterocycles. The first kappa shape index (κ1) is 17.8. The largest absolute Gasteiger partial charge is 0.467 e. The average molecular weight is 334 g/mol. The molecular weight excluding hydrogens is 312 g/mol. The molecule has 0 spiro atoms. The number of benzene rings is 1. The number of methoxy groups -OCH3 is 1. The lowest BCUT2D eigenvalue weighted by atomic mass is 9.82. The molecule has 7 heteroatoms. The van der Waals surface area contributed by atoms with Gasteiger partial charge >= 0.3 is 12.1 Å². The van der Waals surface area contributed by atoms with Crippen molar-refractivity contribution in [2.24, 2.45) is 0 Å². The second kappa shape index (κ2) is 8.33. The summed E-state index contributed by atoms with van der Waals surface area (Å²) in [6.45, 7) is 0.670. The predicted octanol–water partition coefficient (Wildman–Crippen LogP) is 1.51. The van der Waals surface area contributed by atoms with Crippen molar-refractivity contribution >= 4 is 18.0 Å². The SMILES string of the molecule is COC(=O)C1(CCCCNC(=O)OCc2ccccc2)CC(=O)N1. The third kappa shape index (κ3) is 4.71. The fraction of sp³-hybridized carbons (Fsp3) is 0.471. The predicted molar refractivity (Wildman–Crippen MR) is 86.0 cm³/mol. The molecule has 0 aromatic heterocycles. The van der Waals surface area contributed by atoms with Crippen LogP contribution in [0.2, 0.25) is 0 Å². The molecule has 2 rings (SSSR count). The molecule has 1 aliphatic rings. The lowest BCUT2D eigenvalue weighted by Crippen LogP contribution is -2.66. The van der Waals surface area contributed by atoms with Gasteiger partial charge in [-0.1, -0.05) is 30.3 Å². The third-order valence-corrected chi connectivity index (χ3v) is 3.93. The van der Waals surface area contributed by atoms with Crippen LogP contribution in [0.25, 0.3) is 0 Å². The number of esters is 1. The number of carbonyl (C=O) groups excluding carboxylic acids is 3. The molecule has 1 aliphatic heterocycles. The van der Waals surface area contributed by atoms with E-state index in [1.54, 1.807) is 0 Å². The van der Waals surface area contributed by atoms with Gasteiger partial charge in [0, 0.05) is 6.54 Å². The maximum Gasteiger partial charge on any atom is 0.407 e. The van der Waals surface area contributed by atoms with Crippen molar-refractivity contribution in [3.8, 4) is 0 Å². The van der Waals surface area contributed by atoms with Crippen molar-refractivity contribution in [1.82, 2.24) is 10.6 Å². The van der Waals surface area contributed by atoms with Crippen molar-refractivity contribution in [2.45, 2.75) is 37.8 Å². The van der Waals surface area contributed by atoms with Gasteiger partial charge in [-0.2, -0.15) is 0 Å². The van der Waals surface area contributed by atoms with Crippen LogP contribution in [0.5, 0.6) is 0 Å². The van der Waals surface area contributed by atoms with E-state index < -0.39 is 17.6 Å². The van der Waals surface area contributed by atoms with Crippen LogP contribution in [-0.2, 0) is 25.7 Å². The minimum atomic E-state index is -0.889. The second-order valence-electron chi connectivity index (χ2n) is 5.74. The molecular formula is C17H22N2O5. The standard InChI is InChI=1S/C17H22N2O5/c1-23-15(21)17(11-14(20)19-17)9-5-6-10-18-16(22)24-12-13-7-3-2-4-8-13/h2-4,7-8H,5-6,9-12H2,1H3,(H,18,22)(H,19,20). The minimum absolute atomic E-state index is 0.150. The zero-order valence-corrected chi connectivity index (χ0v) is 13.7. The molecule has 0 bridgehead atoms. The minimum Gasteiger partial charge on any atom is -0.467 e. The molecule has 1 fully saturated rings. The van der Waals surface area contributed by atoms with E-state index in [-0.39, 0.29) is 18.9 Å². The van der Waals surface area contributed by atoms with Crippen LogP contribution in [0, 0.1) is 0 Å². The molecule has 2 amide bonds. The first-order valence-electron chi connectivity index (χ1n) is 7.90. The smallest absolute Gasteiger partial charge is 0.407 e. The van der Waals surface area contributed by atoms with Crippen LogP contribution in [0.1, 0.15) is 31.2 Å². The van der Waals surface area contributed by atoms with Crippen molar-refractivity contribution < 1.29 is 23.9 Å². The molecule has 1 aromatic carbocycles. The highest BCUT2D eigenvalue weighted by Crippen LogP contribution is 2.27. The zero-order chi connectivity index (χ0) is 17.4. The van der Waals surface area contributed by atoms with Crippen LogP contribution in [0.4, 0.5) is 4.79 Å². The van der Waals surface area contributed by atoms with Crippen molar-refractivity contribution in [3.05, 3.63) is 35.9 Å². The fourth-order valence-corrected chi connectivity index (χ4v) is 2.61. The number of carbonyl (C=O) groups is 3. The number of hydrogen-bond acceptors (Lipinski definition) is 5. The highest BCUT2D eigenvalue weighted by atomic mass is 16.5. The van der Waals surface area contributed by atoms with Crippen molar-refractivity contribution in [3.63, 3.8) is 0 Å². The normalized spacial score (nSPS) is 19.0. The summed E-state index contributed by atoms with van der Waals surface area (Å²) in [4.78, 5) is 34.4. The summed E-state index contributed by atoms with van der Waals surface area (Å²) < 4.78 is 9.83. The molecule has 130 valence electrons.